The summed E-state index contributed by atoms with van der Waals surface area (Å²) in [6.45, 7) is 0.613. The van der Waals surface area contributed by atoms with Crippen LogP contribution in [0.3, 0.4) is 0 Å². The van der Waals surface area contributed by atoms with Crippen LogP contribution >= 0.6 is 0 Å². The zero-order valence-electron chi connectivity index (χ0n) is 15.0. The van der Waals surface area contributed by atoms with Crippen LogP contribution < -0.4 is 0 Å². The summed E-state index contributed by atoms with van der Waals surface area (Å²) in [7, 11) is 1.52. The van der Waals surface area contributed by atoms with Gasteiger partial charge in [0.1, 0.15) is 0 Å². The number of amides is 2. The predicted octanol–water partition coefficient (Wildman–Crippen LogP) is 1.85. The number of hydrogen-bond acceptors (Lipinski definition) is 3. The molecule has 0 bridgehead atoms. The molecule has 1 aromatic rings. The number of rotatable bonds is 5. The molecular weight excluding hydrogens is 358 g/mol. The molecule has 2 aliphatic rings. The molecule has 0 unspecified atom stereocenters. The third-order valence-corrected chi connectivity index (χ3v) is 5.43. The lowest BCUT2D eigenvalue weighted by molar-refractivity contribution is -0.146. The first-order valence-electron chi connectivity index (χ1n) is 8.99. The third kappa shape index (κ3) is 4.09. The summed E-state index contributed by atoms with van der Waals surface area (Å²) in [4.78, 5) is 38.7. The van der Waals surface area contributed by atoms with Crippen LogP contribution in [0.15, 0.2) is 18.2 Å². The van der Waals surface area contributed by atoms with Gasteiger partial charge in [-0.15, -0.1) is 0 Å². The molecule has 0 radical (unpaired) electrons. The van der Waals surface area contributed by atoms with E-state index in [1.54, 1.807) is 4.90 Å². The van der Waals surface area contributed by atoms with Gasteiger partial charge in [-0.2, -0.15) is 0 Å². The molecule has 2 fully saturated rings. The third-order valence-electron chi connectivity index (χ3n) is 5.43. The first kappa shape index (κ1) is 19.3. The first-order valence-corrected chi connectivity index (χ1v) is 8.99. The van der Waals surface area contributed by atoms with Gasteiger partial charge in [0.25, 0.3) is 0 Å². The molecule has 6 nitrogen and oxygen atoms in total. The van der Waals surface area contributed by atoms with Crippen LogP contribution in [0.1, 0.15) is 30.7 Å². The van der Waals surface area contributed by atoms with E-state index in [1.165, 1.54) is 24.1 Å². The molecule has 1 aliphatic carbocycles. The highest BCUT2D eigenvalue weighted by Gasteiger charge is 2.47. The Balaban J connectivity index is 1.52. The summed E-state index contributed by atoms with van der Waals surface area (Å²) in [5.41, 5.74) is 0.198. The average molecular weight is 380 g/mol. The first-order chi connectivity index (χ1) is 12.8. The van der Waals surface area contributed by atoms with E-state index in [1.807, 2.05) is 0 Å². The number of nitrogens with zero attached hydrogens (tertiary/aromatic N) is 2. The Hall–Kier alpha value is -2.51. The van der Waals surface area contributed by atoms with E-state index in [4.69, 9.17) is 5.11 Å². The van der Waals surface area contributed by atoms with E-state index < -0.39 is 29.4 Å². The Morgan fingerprint density at radius 1 is 1.22 bits per heavy atom. The van der Waals surface area contributed by atoms with Gasteiger partial charge in [-0.1, -0.05) is 12.1 Å². The molecule has 1 saturated heterocycles. The molecule has 8 heteroatoms. The number of halogens is 2. The Bertz CT molecular complexity index is 762. The maximum absolute atomic E-state index is 13.9. The van der Waals surface area contributed by atoms with Crippen molar-refractivity contribution in [1.82, 2.24) is 9.80 Å². The van der Waals surface area contributed by atoms with Gasteiger partial charge in [0.15, 0.2) is 11.6 Å². The molecule has 1 saturated carbocycles. The number of aliphatic carboxylic acids is 1. The quantitative estimate of drug-likeness (QED) is 0.846. The van der Waals surface area contributed by atoms with E-state index in [9.17, 15) is 23.2 Å². The normalized spacial score (nSPS) is 22.4. The van der Waals surface area contributed by atoms with Gasteiger partial charge < -0.3 is 14.9 Å². The summed E-state index contributed by atoms with van der Waals surface area (Å²) < 4.78 is 27.2. The Labute approximate surface area is 155 Å². The smallest absolute Gasteiger partial charge is 0.306 e. The fourth-order valence-corrected chi connectivity index (χ4v) is 3.66. The van der Waals surface area contributed by atoms with Crippen LogP contribution in [0.25, 0.3) is 0 Å². The van der Waals surface area contributed by atoms with Crippen molar-refractivity contribution in [3.05, 3.63) is 35.4 Å². The Morgan fingerprint density at radius 2 is 1.89 bits per heavy atom. The number of likely N-dealkylation sites (tertiary alicyclic amines) is 1. The van der Waals surface area contributed by atoms with Crippen LogP contribution in [-0.2, 0) is 14.4 Å². The van der Waals surface area contributed by atoms with Crippen molar-refractivity contribution in [3.63, 3.8) is 0 Å². The van der Waals surface area contributed by atoms with E-state index in [0.717, 1.165) is 6.07 Å². The number of carboxylic acid groups (broad SMARTS) is 1. The molecule has 1 aromatic carbocycles. The number of piperidine rings is 1. The fraction of sp³-hybridized carbons (Fsp3) is 0.526. The molecule has 1 N–H and O–H groups in total. The van der Waals surface area contributed by atoms with E-state index >= 15 is 0 Å². The molecular formula is C19H22F2N2O4. The highest BCUT2D eigenvalue weighted by Crippen LogP contribution is 2.49. The molecule has 146 valence electrons. The molecule has 2 amide bonds. The number of hydrogen-bond donors (Lipinski definition) is 1. The molecule has 27 heavy (non-hydrogen) atoms. The van der Waals surface area contributed by atoms with Crippen LogP contribution in [0.2, 0.25) is 0 Å². The Morgan fingerprint density at radius 3 is 2.52 bits per heavy atom. The van der Waals surface area contributed by atoms with Gasteiger partial charge in [-0.05, 0) is 36.8 Å². The lowest BCUT2D eigenvalue weighted by atomic mass is 9.97. The van der Waals surface area contributed by atoms with Crippen LogP contribution in [0.4, 0.5) is 8.78 Å². The molecule has 3 rings (SSSR count). The fourth-order valence-electron chi connectivity index (χ4n) is 3.66. The van der Waals surface area contributed by atoms with Gasteiger partial charge in [-0.25, -0.2) is 8.78 Å². The van der Waals surface area contributed by atoms with Gasteiger partial charge >= 0.3 is 5.97 Å². The highest BCUT2D eigenvalue weighted by atomic mass is 19.2. The van der Waals surface area contributed by atoms with E-state index in [2.05, 4.69) is 0 Å². The minimum Gasteiger partial charge on any atom is -0.481 e. The summed E-state index contributed by atoms with van der Waals surface area (Å²) in [5, 5.41) is 9.00. The minimum absolute atomic E-state index is 0.106. The second kappa shape index (κ2) is 7.62. The lowest BCUT2D eigenvalue weighted by Crippen LogP contribution is -2.45. The number of carbonyl (C=O) groups is 3. The van der Waals surface area contributed by atoms with E-state index in [-0.39, 0.29) is 29.8 Å². The van der Waals surface area contributed by atoms with Crippen molar-refractivity contribution in [3.8, 4) is 0 Å². The topological polar surface area (TPSA) is 77.9 Å². The summed E-state index contributed by atoms with van der Waals surface area (Å²) in [5.74, 6) is -4.44. The monoisotopic (exact) mass is 380 g/mol. The van der Waals surface area contributed by atoms with Crippen LogP contribution in [0, 0.1) is 23.5 Å². The molecule has 0 spiro atoms. The zero-order chi connectivity index (χ0) is 19.7. The molecule has 0 aromatic heterocycles. The molecule has 2 atom stereocenters. The Kier molecular flexibility index (Phi) is 5.43. The zero-order valence-corrected chi connectivity index (χ0v) is 15.0. The predicted molar refractivity (Wildman–Crippen MR) is 91.8 cm³/mol. The summed E-state index contributed by atoms with van der Waals surface area (Å²) in [6.07, 6.45) is 1.24. The van der Waals surface area contributed by atoms with Crippen molar-refractivity contribution in [1.29, 1.82) is 0 Å². The minimum atomic E-state index is -0.932. The van der Waals surface area contributed by atoms with Crippen molar-refractivity contribution in [2.24, 2.45) is 11.8 Å². The second-order valence-electron chi connectivity index (χ2n) is 7.28. The van der Waals surface area contributed by atoms with Crippen molar-refractivity contribution in [2.45, 2.75) is 25.2 Å². The standard InChI is InChI=1S/C19H22F2N2O4/c1-22(10-16(24)23-7-5-11(6-8-23)19(26)27)18(25)14-9-13(14)12-3-2-4-15(20)17(12)21/h2-4,11,13-14H,5-10H2,1H3,(H,26,27)/t13-,14+/m1/s1. The highest BCUT2D eigenvalue weighted by molar-refractivity contribution is 5.88. The molecule has 1 heterocycles. The average Bonchev–Trinajstić information content (AvgIpc) is 3.43. The number of benzene rings is 1. The largest absolute Gasteiger partial charge is 0.481 e. The summed E-state index contributed by atoms with van der Waals surface area (Å²) in [6, 6.07) is 3.94. The lowest BCUT2D eigenvalue weighted by Gasteiger charge is -2.31. The van der Waals surface area contributed by atoms with Gasteiger partial charge in [0, 0.05) is 26.1 Å². The molecule has 1 aliphatic heterocycles. The van der Waals surface area contributed by atoms with Gasteiger partial charge in [-0.3, -0.25) is 14.4 Å². The van der Waals surface area contributed by atoms with Crippen molar-refractivity contribution in [2.75, 3.05) is 26.7 Å². The van der Waals surface area contributed by atoms with Crippen molar-refractivity contribution < 1.29 is 28.3 Å². The SMILES string of the molecule is CN(CC(=O)N1CCC(C(=O)O)CC1)C(=O)[C@H]1C[C@@H]1c1cccc(F)c1F. The second-order valence-corrected chi connectivity index (χ2v) is 7.28. The van der Waals surface area contributed by atoms with Crippen LogP contribution in [0.5, 0.6) is 0 Å². The van der Waals surface area contributed by atoms with Crippen molar-refractivity contribution >= 4 is 17.8 Å². The maximum Gasteiger partial charge on any atom is 0.306 e. The van der Waals surface area contributed by atoms with E-state index in [0.29, 0.717) is 32.4 Å². The number of carboxylic acids is 1. The number of carbonyl (C=O) groups excluding carboxylic acids is 2. The summed E-state index contributed by atoms with van der Waals surface area (Å²) >= 11 is 0. The van der Waals surface area contributed by atoms with Gasteiger partial charge in [0.05, 0.1) is 12.5 Å². The van der Waals surface area contributed by atoms with Gasteiger partial charge in [0.2, 0.25) is 11.8 Å². The number of likely N-dealkylation sites (N-methyl/N-ethyl adjacent to an activating group) is 1. The maximum atomic E-state index is 13.9. The van der Waals surface area contributed by atoms with Crippen LogP contribution in [-0.4, -0.2) is 59.4 Å².